The Kier molecular flexibility index (Phi) is 38.1. The highest BCUT2D eigenvalue weighted by atomic mass is 31.2. The molecule has 0 saturated heterocycles. The summed E-state index contributed by atoms with van der Waals surface area (Å²) in [6.45, 7) is 3.85. The van der Waals surface area contributed by atoms with Crippen molar-refractivity contribution in [1.29, 1.82) is 0 Å². The van der Waals surface area contributed by atoms with Crippen LogP contribution in [-0.4, -0.2) is 43.3 Å². The number of ether oxygens (including phenoxy) is 2. The molecule has 0 amide bonds. The lowest BCUT2D eigenvalue weighted by atomic mass is 10.0. The molecule has 0 rings (SSSR count). The van der Waals surface area contributed by atoms with Crippen molar-refractivity contribution in [2.75, 3.05) is 20.3 Å². The maximum absolute atomic E-state index is 12.5. The number of carbonyl (C=O) groups excluding carboxylic acids is 2. The third-order valence-electron chi connectivity index (χ3n) is 9.45. The van der Waals surface area contributed by atoms with Crippen LogP contribution < -0.4 is 0 Å². The van der Waals surface area contributed by atoms with Gasteiger partial charge in [0, 0.05) is 20.0 Å². The first-order valence-corrected chi connectivity index (χ1v) is 23.0. The monoisotopic (exact) mass is 757 g/mol. The molecule has 0 aliphatic carbocycles. The summed E-state index contributed by atoms with van der Waals surface area (Å²) >= 11 is 0. The van der Waals surface area contributed by atoms with Gasteiger partial charge in [-0.3, -0.25) is 18.6 Å². The number of unbranched alkanes of at least 4 members (excludes halogenated alkanes) is 25. The standard InChI is InChI=1S/C43H81O8P/c1-4-6-8-10-12-14-16-18-20-21-22-23-24-26-27-29-31-33-35-37-42(44)49-39-41(40-50-52(46,47)48-3)51-43(45)38-36-34-32-30-28-25-19-17-15-13-11-9-7-5-2/h11,13,17,19,41H,4-10,12,14-16,18,20-40H2,1-3H3,(H,46,47)/b13-11-,19-17-. The van der Waals surface area contributed by atoms with Gasteiger partial charge in [0.1, 0.15) is 6.61 Å². The number of hydrogen-bond acceptors (Lipinski definition) is 7. The van der Waals surface area contributed by atoms with Gasteiger partial charge in [-0.1, -0.05) is 186 Å². The SMILES string of the molecule is CCCC/C=C\C/C=C\CCCCCCCC(=O)OC(COC(=O)CCCCCCCCCCCCCCCCCCCCC)COP(=O)(O)OC. The zero-order valence-corrected chi connectivity index (χ0v) is 34.9. The first-order valence-electron chi connectivity index (χ1n) is 21.5. The molecule has 52 heavy (non-hydrogen) atoms. The van der Waals surface area contributed by atoms with Gasteiger partial charge in [-0.05, 0) is 38.5 Å². The number of phosphoric ester groups is 1. The van der Waals surface area contributed by atoms with E-state index in [4.69, 9.17) is 14.0 Å². The fourth-order valence-corrected chi connectivity index (χ4v) is 6.55. The molecule has 0 saturated carbocycles. The summed E-state index contributed by atoms with van der Waals surface area (Å²) in [6.07, 6.45) is 43.7. The minimum Gasteiger partial charge on any atom is -0.462 e. The molecule has 0 aromatic carbocycles. The van der Waals surface area contributed by atoms with Crippen LogP contribution in [0.3, 0.4) is 0 Å². The molecule has 0 bridgehead atoms. The summed E-state index contributed by atoms with van der Waals surface area (Å²) in [5, 5.41) is 0. The molecule has 0 aromatic rings. The molecule has 9 heteroatoms. The van der Waals surface area contributed by atoms with Crippen molar-refractivity contribution >= 4 is 19.8 Å². The number of carbonyl (C=O) groups is 2. The molecular weight excluding hydrogens is 675 g/mol. The second kappa shape index (κ2) is 39.2. The van der Waals surface area contributed by atoms with E-state index in [1.54, 1.807) is 0 Å². The summed E-state index contributed by atoms with van der Waals surface area (Å²) in [7, 11) is -3.20. The Morgan fingerprint density at radius 1 is 0.538 bits per heavy atom. The average Bonchev–Trinajstić information content (AvgIpc) is 3.13. The van der Waals surface area contributed by atoms with E-state index < -0.39 is 26.5 Å². The molecule has 0 aliphatic rings. The van der Waals surface area contributed by atoms with Crippen LogP contribution in [0.1, 0.15) is 213 Å². The fraction of sp³-hybridized carbons (Fsp3) is 0.860. The molecule has 1 N–H and O–H groups in total. The molecule has 2 unspecified atom stereocenters. The van der Waals surface area contributed by atoms with Crippen LogP contribution in [0.4, 0.5) is 0 Å². The lowest BCUT2D eigenvalue weighted by Gasteiger charge is -2.19. The molecule has 8 nitrogen and oxygen atoms in total. The van der Waals surface area contributed by atoms with E-state index >= 15 is 0 Å². The Balaban J connectivity index is 3.96. The Morgan fingerprint density at radius 2 is 0.942 bits per heavy atom. The fourth-order valence-electron chi connectivity index (χ4n) is 6.09. The molecule has 306 valence electrons. The van der Waals surface area contributed by atoms with Crippen molar-refractivity contribution < 1.29 is 37.6 Å². The molecular formula is C43H81O8P. The highest BCUT2D eigenvalue weighted by Crippen LogP contribution is 2.42. The van der Waals surface area contributed by atoms with Crippen molar-refractivity contribution in [1.82, 2.24) is 0 Å². The van der Waals surface area contributed by atoms with E-state index in [1.807, 2.05) is 0 Å². The lowest BCUT2D eigenvalue weighted by Crippen LogP contribution is -2.29. The van der Waals surface area contributed by atoms with Crippen LogP contribution in [-0.2, 0) is 32.7 Å². The van der Waals surface area contributed by atoms with Crippen LogP contribution in [0.5, 0.6) is 0 Å². The van der Waals surface area contributed by atoms with Gasteiger partial charge in [0.15, 0.2) is 6.10 Å². The van der Waals surface area contributed by atoms with Gasteiger partial charge in [-0.2, -0.15) is 0 Å². The second-order valence-electron chi connectivity index (χ2n) is 14.5. The predicted octanol–water partition coefficient (Wildman–Crippen LogP) is 13.5. The van der Waals surface area contributed by atoms with Crippen molar-refractivity contribution in [3.05, 3.63) is 24.3 Å². The van der Waals surface area contributed by atoms with Gasteiger partial charge in [0.2, 0.25) is 0 Å². The Morgan fingerprint density at radius 3 is 1.40 bits per heavy atom. The average molecular weight is 757 g/mol. The van der Waals surface area contributed by atoms with Gasteiger partial charge in [-0.25, -0.2) is 4.57 Å². The van der Waals surface area contributed by atoms with Crippen molar-refractivity contribution in [3.63, 3.8) is 0 Å². The van der Waals surface area contributed by atoms with E-state index in [2.05, 4.69) is 42.7 Å². The van der Waals surface area contributed by atoms with Crippen LogP contribution in [0.15, 0.2) is 24.3 Å². The normalized spacial score (nSPS) is 13.5. The van der Waals surface area contributed by atoms with Crippen LogP contribution in [0.25, 0.3) is 0 Å². The van der Waals surface area contributed by atoms with Gasteiger partial charge in [-0.15, -0.1) is 0 Å². The smallest absolute Gasteiger partial charge is 0.462 e. The van der Waals surface area contributed by atoms with Crippen molar-refractivity contribution in [2.45, 2.75) is 219 Å². The largest absolute Gasteiger partial charge is 0.472 e. The van der Waals surface area contributed by atoms with E-state index in [-0.39, 0.29) is 19.0 Å². The van der Waals surface area contributed by atoms with Gasteiger partial charge >= 0.3 is 19.8 Å². The maximum Gasteiger partial charge on any atom is 0.472 e. The van der Waals surface area contributed by atoms with E-state index in [9.17, 15) is 19.0 Å². The number of hydrogen-bond donors (Lipinski definition) is 1. The molecule has 2 atom stereocenters. The number of esters is 2. The van der Waals surface area contributed by atoms with Crippen molar-refractivity contribution in [2.24, 2.45) is 0 Å². The minimum atomic E-state index is -4.26. The summed E-state index contributed by atoms with van der Waals surface area (Å²) in [5.41, 5.74) is 0. The quantitative estimate of drug-likeness (QED) is 0.0285. The molecule has 0 spiro atoms. The highest BCUT2D eigenvalue weighted by Gasteiger charge is 2.24. The van der Waals surface area contributed by atoms with Gasteiger partial charge in [0.05, 0.1) is 6.61 Å². The topological polar surface area (TPSA) is 108 Å². The first-order chi connectivity index (χ1) is 25.3. The molecule has 0 aromatic heterocycles. The summed E-state index contributed by atoms with van der Waals surface area (Å²) < 4.78 is 32.0. The Bertz CT molecular complexity index is 906. The summed E-state index contributed by atoms with van der Waals surface area (Å²) in [4.78, 5) is 34.4. The predicted molar refractivity (Wildman–Crippen MR) is 216 cm³/mol. The summed E-state index contributed by atoms with van der Waals surface area (Å²) in [6, 6.07) is 0. The van der Waals surface area contributed by atoms with Gasteiger partial charge < -0.3 is 14.4 Å². The molecule has 0 fully saturated rings. The van der Waals surface area contributed by atoms with Crippen LogP contribution in [0, 0.1) is 0 Å². The Hall–Kier alpha value is -1.47. The second-order valence-corrected chi connectivity index (χ2v) is 16.0. The third kappa shape index (κ3) is 38.3. The summed E-state index contributed by atoms with van der Waals surface area (Å²) in [5.74, 6) is -0.811. The molecule has 0 heterocycles. The van der Waals surface area contributed by atoms with Crippen LogP contribution in [0.2, 0.25) is 0 Å². The minimum absolute atomic E-state index is 0.227. The lowest BCUT2D eigenvalue weighted by molar-refractivity contribution is -0.161. The number of phosphoric acid groups is 1. The van der Waals surface area contributed by atoms with Gasteiger partial charge in [0.25, 0.3) is 0 Å². The molecule has 0 radical (unpaired) electrons. The Labute approximate surface area is 320 Å². The van der Waals surface area contributed by atoms with Crippen molar-refractivity contribution in [3.8, 4) is 0 Å². The van der Waals surface area contributed by atoms with E-state index in [1.165, 1.54) is 116 Å². The maximum atomic E-state index is 12.5. The third-order valence-corrected chi connectivity index (χ3v) is 10.4. The van der Waals surface area contributed by atoms with E-state index in [0.717, 1.165) is 71.3 Å². The first kappa shape index (κ1) is 50.5. The van der Waals surface area contributed by atoms with E-state index in [0.29, 0.717) is 12.8 Å². The number of allylic oxidation sites excluding steroid dienone is 4. The zero-order valence-electron chi connectivity index (χ0n) is 34.0. The highest BCUT2D eigenvalue weighted by molar-refractivity contribution is 7.47. The van der Waals surface area contributed by atoms with Crippen LogP contribution >= 0.6 is 7.82 Å². The molecule has 0 aliphatic heterocycles. The zero-order chi connectivity index (χ0) is 38.2. The number of rotatable bonds is 40.